The average molecular weight is 197 g/mol. The molecule has 2 rings (SSSR count). The SMILES string of the molecule is COC(C1CC1)C(N)C1=COCCC1. The Morgan fingerprint density at radius 1 is 1.57 bits per heavy atom. The van der Waals surface area contributed by atoms with Crippen LogP contribution in [0.5, 0.6) is 0 Å². The van der Waals surface area contributed by atoms with Crippen LogP contribution in [-0.4, -0.2) is 25.9 Å². The van der Waals surface area contributed by atoms with Crippen LogP contribution >= 0.6 is 0 Å². The molecule has 1 saturated carbocycles. The highest BCUT2D eigenvalue weighted by Gasteiger charge is 2.36. The summed E-state index contributed by atoms with van der Waals surface area (Å²) in [6.07, 6.45) is 6.71. The summed E-state index contributed by atoms with van der Waals surface area (Å²) in [5, 5.41) is 0. The average Bonchev–Trinajstić information content (AvgIpc) is 3.04. The van der Waals surface area contributed by atoms with Crippen LogP contribution in [0.2, 0.25) is 0 Å². The number of ether oxygens (including phenoxy) is 2. The van der Waals surface area contributed by atoms with Crippen molar-refractivity contribution in [3.05, 3.63) is 11.8 Å². The van der Waals surface area contributed by atoms with Gasteiger partial charge in [0.05, 0.1) is 25.0 Å². The van der Waals surface area contributed by atoms with Crippen LogP contribution in [0.1, 0.15) is 25.7 Å². The maximum Gasteiger partial charge on any atom is 0.0876 e. The molecule has 2 aliphatic rings. The van der Waals surface area contributed by atoms with Crippen molar-refractivity contribution in [2.45, 2.75) is 37.8 Å². The van der Waals surface area contributed by atoms with E-state index in [1.165, 1.54) is 18.4 Å². The lowest BCUT2D eigenvalue weighted by molar-refractivity contribution is 0.0678. The van der Waals surface area contributed by atoms with E-state index in [1.54, 1.807) is 7.11 Å². The van der Waals surface area contributed by atoms with Gasteiger partial charge in [-0.05, 0) is 37.2 Å². The molecule has 1 aliphatic heterocycles. The smallest absolute Gasteiger partial charge is 0.0876 e. The number of nitrogens with two attached hydrogens (primary N) is 1. The van der Waals surface area contributed by atoms with Gasteiger partial charge < -0.3 is 15.2 Å². The second kappa shape index (κ2) is 4.32. The Morgan fingerprint density at radius 2 is 2.36 bits per heavy atom. The Labute approximate surface area is 85.3 Å². The van der Waals surface area contributed by atoms with Crippen molar-refractivity contribution in [1.82, 2.24) is 0 Å². The standard InChI is InChI=1S/C11H19NO2/c1-13-11(8-4-5-8)10(12)9-3-2-6-14-7-9/h7-8,10-11H,2-6,12H2,1H3. The number of hydrogen-bond acceptors (Lipinski definition) is 3. The first-order valence-corrected chi connectivity index (χ1v) is 5.42. The summed E-state index contributed by atoms with van der Waals surface area (Å²) < 4.78 is 10.8. The van der Waals surface area contributed by atoms with Gasteiger partial charge in [-0.1, -0.05) is 0 Å². The van der Waals surface area contributed by atoms with Crippen molar-refractivity contribution >= 4 is 0 Å². The van der Waals surface area contributed by atoms with Gasteiger partial charge >= 0.3 is 0 Å². The molecule has 0 radical (unpaired) electrons. The third kappa shape index (κ3) is 2.10. The van der Waals surface area contributed by atoms with Crippen molar-refractivity contribution in [2.24, 2.45) is 11.7 Å². The van der Waals surface area contributed by atoms with E-state index in [4.69, 9.17) is 15.2 Å². The Bertz CT molecular complexity index is 223. The van der Waals surface area contributed by atoms with Gasteiger partial charge in [0, 0.05) is 7.11 Å². The van der Waals surface area contributed by atoms with E-state index in [0.29, 0.717) is 5.92 Å². The van der Waals surface area contributed by atoms with Crippen LogP contribution in [0, 0.1) is 5.92 Å². The molecule has 1 fully saturated rings. The first-order valence-electron chi connectivity index (χ1n) is 5.42. The van der Waals surface area contributed by atoms with Crippen molar-refractivity contribution in [2.75, 3.05) is 13.7 Å². The fourth-order valence-electron chi connectivity index (χ4n) is 2.10. The minimum absolute atomic E-state index is 0.0350. The normalized spacial score (nSPS) is 26.3. The number of hydrogen-bond donors (Lipinski definition) is 1. The Kier molecular flexibility index (Phi) is 3.08. The molecule has 0 aromatic carbocycles. The summed E-state index contributed by atoms with van der Waals surface area (Å²) in [4.78, 5) is 0. The quantitative estimate of drug-likeness (QED) is 0.741. The van der Waals surface area contributed by atoms with Crippen LogP contribution in [-0.2, 0) is 9.47 Å². The number of rotatable bonds is 4. The molecule has 0 amide bonds. The lowest BCUT2D eigenvalue weighted by atomic mass is 9.95. The third-order valence-corrected chi connectivity index (χ3v) is 3.10. The molecule has 1 heterocycles. The topological polar surface area (TPSA) is 44.5 Å². The van der Waals surface area contributed by atoms with E-state index in [9.17, 15) is 0 Å². The van der Waals surface area contributed by atoms with Crippen molar-refractivity contribution < 1.29 is 9.47 Å². The first kappa shape index (κ1) is 9.99. The van der Waals surface area contributed by atoms with E-state index in [0.717, 1.165) is 19.4 Å². The van der Waals surface area contributed by atoms with Gasteiger partial charge in [-0.25, -0.2) is 0 Å². The lowest BCUT2D eigenvalue weighted by Gasteiger charge is -2.26. The molecule has 0 saturated heterocycles. The highest BCUT2D eigenvalue weighted by molar-refractivity contribution is 5.13. The minimum Gasteiger partial charge on any atom is -0.501 e. The van der Waals surface area contributed by atoms with Gasteiger partial charge in [-0.3, -0.25) is 0 Å². The Hall–Kier alpha value is -0.540. The van der Waals surface area contributed by atoms with Crippen LogP contribution in [0.15, 0.2) is 11.8 Å². The molecule has 2 atom stereocenters. The van der Waals surface area contributed by atoms with Crippen LogP contribution in [0.3, 0.4) is 0 Å². The zero-order valence-corrected chi connectivity index (χ0v) is 8.74. The van der Waals surface area contributed by atoms with Crippen LogP contribution < -0.4 is 5.73 Å². The van der Waals surface area contributed by atoms with Gasteiger partial charge in [0.15, 0.2) is 0 Å². The zero-order valence-electron chi connectivity index (χ0n) is 8.74. The summed E-state index contributed by atoms with van der Waals surface area (Å²) in [7, 11) is 1.76. The van der Waals surface area contributed by atoms with E-state index in [-0.39, 0.29) is 12.1 Å². The summed E-state index contributed by atoms with van der Waals surface area (Å²) in [5.41, 5.74) is 7.39. The molecule has 2 N–H and O–H groups in total. The molecule has 3 nitrogen and oxygen atoms in total. The molecule has 2 unspecified atom stereocenters. The van der Waals surface area contributed by atoms with E-state index in [1.807, 2.05) is 6.26 Å². The lowest BCUT2D eigenvalue weighted by Crippen LogP contribution is -2.40. The van der Waals surface area contributed by atoms with Gasteiger partial charge in [0.25, 0.3) is 0 Å². The summed E-state index contributed by atoms with van der Waals surface area (Å²) in [6.45, 7) is 0.831. The second-order valence-corrected chi connectivity index (χ2v) is 4.23. The summed E-state index contributed by atoms with van der Waals surface area (Å²) in [6, 6.07) is 0.0350. The maximum atomic E-state index is 6.17. The zero-order chi connectivity index (χ0) is 9.97. The van der Waals surface area contributed by atoms with Crippen molar-refractivity contribution in [3.8, 4) is 0 Å². The molecule has 0 aromatic heterocycles. The fraction of sp³-hybridized carbons (Fsp3) is 0.818. The van der Waals surface area contributed by atoms with Crippen LogP contribution in [0.25, 0.3) is 0 Å². The van der Waals surface area contributed by atoms with Crippen molar-refractivity contribution in [1.29, 1.82) is 0 Å². The number of methoxy groups -OCH3 is 1. The molecule has 0 bridgehead atoms. The van der Waals surface area contributed by atoms with Gasteiger partial charge in [-0.15, -0.1) is 0 Å². The molecule has 14 heavy (non-hydrogen) atoms. The molecule has 0 spiro atoms. The predicted octanol–water partition coefficient (Wildman–Crippen LogP) is 1.43. The molecular weight excluding hydrogens is 178 g/mol. The molecule has 0 aromatic rings. The maximum absolute atomic E-state index is 6.17. The fourth-order valence-corrected chi connectivity index (χ4v) is 2.10. The summed E-state index contributed by atoms with van der Waals surface area (Å²) in [5.74, 6) is 0.679. The molecular formula is C11H19NO2. The Morgan fingerprint density at radius 3 is 2.86 bits per heavy atom. The van der Waals surface area contributed by atoms with Crippen LogP contribution in [0.4, 0.5) is 0 Å². The van der Waals surface area contributed by atoms with Gasteiger partial charge in [-0.2, -0.15) is 0 Å². The van der Waals surface area contributed by atoms with Crippen molar-refractivity contribution in [3.63, 3.8) is 0 Å². The van der Waals surface area contributed by atoms with Gasteiger partial charge in [0.2, 0.25) is 0 Å². The summed E-state index contributed by atoms with van der Waals surface area (Å²) >= 11 is 0. The Balaban J connectivity index is 1.97. The molecule has 3 heteroatoms. The highest BCUT2D eigenvalue weighted by Crippen LogP contribution is 2.37. The monoisotopic (exact) mass is 197 g/mol. The first-order chi connectivity index (χ1) is 6.83. The molecule has 80 valence electrons. The predicted molar refractivity (Wildman–Crippen MR) is 54.8 cm³/mol. The largest absolute Gasteiger partial charge is 0.501 e. The second-order valence-electron chi connectivity index (χ2n) is 4.23. The molecule has 1 aliphatic carbocycles. The van der Waals surface area contributed by atoms with E-state index < -0.39 is 0 Å². The third-order valence-electron chi connectivity index (χ3n) is 3.10. The van der Waals surface area contributed by atoms with Gasteiger partial charge in [0.1, 0.15) is 0 Å². The highest BCUT2D eigenvalue weighted by atomic mass is 16.5. The van der Waals surface area contributed by atoms with E-state index >= 15 is 0 Å². The van der Waals surface area contributed by atoms with E-state index in [2.05, 4.69) is 0 Å². The minimum atomic E-state index is 0.0350.